The monoisotopic (exact) mass is 234 g/mol. The van der Waals surface area contributed by atoms with Crippen LogP contribution in [0, 0.1) is 0 Å². The summed E-state index contributed by atoms with van der Waals surface area (Å²) >= 11 is 0. The van der Waals surface area contributed by atoms with Gasteiger partial charge in [-0.1, -0.05) is 0 Å². The van der Waals surface area contributed by atoms with Gasteiger partial charge in [0.15, 0.2) is 0 Å². The molecule has 0 radical (unpaired) electrons. The lowest BCUT2D eigenvalue weighted by Crippen LogP contribution is -2.12. The van der Waals surface area contributed by atoms with Crippen molar-refractivity contribution in [2.75, 3.05) is 14.2 Å². The standard InChI is InChI=1S/C3H10O2Si.HI/c1-4-6(3)5-2;/h6H,1-3H3;1H. The van der Waals surface area contributed by atoms with Crippen LogP contribution in [-0.2, 0) is 8.85 Å². The van der Waals surface area contributed by atoms with E-state index >= 15 is 0 Å². The predicted molar refractivity (Wildman–Crippen MR) is 42.4 cm³/mol. The number of rotatable bonds is 2. The first-order valence-corrected chi connectivity index (χ1v) is 3.96. The first-order valence-electron chi connectivity index (χ1n) is 1.87. The van der Waals surface area contributed by atoms with Crippen LogP contribution in [0.4, 0.5) is 0 Å². The Morgan fingerprint density at radius 2 is 1.43 bits per heavy atom. The highest BCUT2D eigenvalue weighted by molar-refractivity contribution is 14.0. The van der Waals surface area contributed by atoms with E-state index < -0.39 is 9.28 Å². The molecule has 0 aromatic heterocycles. The Labute approximate surface area is 63.1 Å². The average Bonchev–Trinajstić information content (AvgIpc) is 1.65. The molecule has 0 aliphatic heterocycles. The van der Waals surface area contributed by atoms with E-state index in [9.17, 15) is 0 Å². The molecule has 0 saturated heterocycles. The van der Waals surface area contributed by atoms with Crippen molar-refractivity contribution in [1.82, 2.24) is 0 Å². The van der Waals surface area contributed by atoms with Gasteiger partial charge in [-0.3, -0.25) is 0 Å². The number of hydrogen-bond acceptors (Lipinski definition) is 2. The molecule has 46 valence electrons. The van der Waals surface area contributed by atoms with Gasteiger partial charge in [0.05, 0.1) is 0 Å². The molecule has 4 heteroatoms. The molecule has 0 aliphatic carbocycles. The third-order valence-corrected chi connectivity index (χ3v) is 1.99. The second kappa shape index (κ2) is 6.87. The topological polar surface area (TPSA) is 18.5 Å². The Hall–Kier alpha value is 0.867. The van der Waals surface area contributed by atoms with E-state index in [1.165, 1.54) is 0 Å². The van der Waals surface area contributed by atoms with Gasteiger partial charge in [-0.2, -0.15) is 0 Å². The van der Waals surface area contributed by atoms with E-state index in [1.54, 1.807) is 14.2 Å². The fourth-order valence-electron chi connectivity index (χ4n) is 0.0962. The normalized spacial score (nSPS) is 8.57. The van der Waals surface area contributed by atoms with E-state index in [-0.39, 0.29) is 24.0 Å². The van der Waals surface area contributed by atoms with Crippen molar-refractivity contribution in [1.29, 1.82) is 0 Å². The minimum absolute atomic E-state index is 0. The van der Waals surface area contributed by atoms with Crippen molar-refractivity contribution >= 4 is 33.3 Å². The molecule has 0 bridgehead atoms. The molecule has 0 aromatic rings. The summed E-state index contributed by atoms with van der Waals surface area (Å²) in [6.45, 7) is 1.97. The van der Waals surface area contributed by atoms with Crippen LogP contribution >= 0.6 is 24.0 Å². The zero-order valence-corrected chi connectivity index (χ0v) is 8.29. The van der Waals surface area contributed by atoms with Gasteiger partial charge in [0, 0.05) is 14.2 Å². The zero-order chi connectivity index (χ0) is 4.99. The Morgan fingerprint density at radius 1 is 1.14 bits per heavy atom. The molecule has 2 nitrogen and oxygen atoms in total. The summed E-state index contributed by atoms with van der Waals surface area (Å²) in [5.74, 6) is 0. The van der Waals surface area contributed by atoms with Crippen molar-refractivity contribution in [3.05, 3.63) is 0 Å². The Kier molecular flexibility index (Phi) is 10.6. The molecular weight excluding hydrogens is 223 g/mol. The van der Waals surface area contributed by atoms with Gasteiger partial charge in [-0.15, -0.1) is 24.0 Å². The maximum absolute atomic E-state index is 4.82. The van der Waals surface area contributed by atoms with Crippen LogP contribution in [0.15, 0.2) is 0 Å². The highest BCUT2D eigenvalue weighted by Crippen LogP contribution is 1.77. The zero-order valence-electron chi connectivity index (χ0n) is 4.80. The first kappa shape index (κ1) is 10.8. The fourth-order valence-corrected chi connectivity index (χ4v) is 0.289. The lowest BCUT2D eigenvalue weighted by atomic mass is 11.8. The summed E-state index contributed by atoms with van der Waals surface area (Å²) in [7, 11) is 2.17. The van der Waals surface area contributed by atoms with Crippen LogP contribution in [0.1, 0.15) is 0 Å². The van der Waals surface area contributed by atoms with Gasteiger partial charge >= 0.3 is 9.28 Å². The lowest BCUT2D eigenvalue weighted by molar-refractivity contribution is 0.285. The minimum atomic E-state index is -1.16. The molecule has 0 aliphatic rings. The maximum Gasteiger partial charge on any atom is 0.317 e. The quantitative estimate of drug-likeness (QED) is 0.518. The minimum Gasteiger partial charge on any atom is -0.400 e. The van der Waals surface area contributed by atoms with Crippen molar-refractivity contribution in [2.45, 2.75) is 6.55 Å². The van der Waals surface area contributed by atoms with Crippen molar-refractivity contribution < 1.29 is 8.85 Å². The van der Waals surface area contributed by atoms with E-state index in [2.05, 4.69) is 0 Å². The smallest absolute Gasteiger partial charge is 0.317 e. The van der Waals surface area contributed by atoms with Crippen molar-refractivity contribution in [3.63, 3.8) is 0 Å². The van der Waals surface area contributed by atoms with Gasteiger partial charge in [0.2, 0.25) is 0 Å². The highest BCUT2D eigenvalue weighted by atomic mass is 127. The summed E-state index contributed by atoms with van der Waals surface area (Å²) in [6, 6.07) is 0. The summed E-state index contributed by atoms with van der Waals surface area (Å²) in [4.78, 5) is 0. The predicted octanol–water partition coefficient (Wildman–Crippen LogP) is 0.747. The first-order chi connectivity index (χ1) is 2.81. The molecule has 0 rings (SSSR count). The van der Waals surface area contributed by atoms with Crippen LogP contribution in [0.5, 0.6) is 0 Å². The molecule has 0 unspecified atom stereocenters. The van der Waals surface area contributed by atoms with Crippen LogP contribution in [0.3, 0.4) is 0 Å². The molecule has 0 N–H and O–H groups in total. The number of hydrogen-bond donors (Lipinski definition) is 0. The Balaban J connectivity index is 0. The maximum atomic E-state index is 4.82. The molecule has 0 heterocycles. The Bertz CT molecular complexity index is 32.1. The van der Waals surface area contributed by atoms with Crippen molar-refractivity contribution in [3.8, 4) is 0 Å². The van der Waals surface area contributed by atoms with Gasteiger partial charge < -0.3 is 8.85 Å². The average molecular weight is 234 g/mol. The summed E-state index contributed by atoms with van der Waals surface area (Å²) < 4.78 is 9.63. The summed E-state index contributed by atoms with van der Waals surface area (Å²) in [5, 5.41) is 0. The van der Waals surface area contributed by atoms with Gasteiger partial charge in [0.1, 0.15) is 0 Å². The molecule has 0 spiro atoms. The molecule has 0 aromatic carbocycles. The highest BCUT2D eigenvalue weighted by Gasteiger charge is 1.94. The van der Waals surface area contributed by atoms with E-state index in [0.717, 1.165) is 0 Å². The van der Waals surface area contributed by atoms with E-state index in [4.69, 9.17) is 8.85 Å². The van der Waals surface area contributed by atoms with Crippen LogP contribution in [-0.4, -0.2) is 23.5 Å². The van der Waals surface area contributed by atoms with Crippen LogP contribution in [0.2, 0.25) is 6.55 Å². The van der Waals surface area contributed by atoms with Crippen LogP contribution in [0.25, 0.3) is 0 Å². The molecular formula is C3H11IO2Si. The number of halogens is 1. The second-order valence-corrected chi connectivity index (χ2v) is 3.12. The Morgan fingerprint density at radius 3 is 1.43 bits per heavy atom. The third kappa shape index (κ3) is 6.87. The van der Waals surface area contributed by atoms with Crippen LogP contribution < -0.4 is 0 Å². The largest absolute Gasteiger partial charge is 0.400 e. The lowest BCUT2D eigenvalue weighted by Gasteiger charge is -2.00. The summed E-state index contributed by atoms with van der Waals surface area (Å²) in [6.07, 6.45) is 0. The van der Waals surface area contributed by atoms with Gasteiger partial charge in [0.25, 0.3) is 0 Å². The molecule has 7 heavy (non-hydrogen) atoms. The van der Waals surface area contributed by atoms with E-state index in [1.807, 2.05) is 6.55 Å². The van der Waals surface area contributed by atoms with E-state index in [0.29, 0.717) is 0 Å². The molecule has 0 amide bonds. The molecule has 0 saturated carbocycles. The molecule has 0 atom stereocenters. The van der Waals surface area contributed by atoms with Gasteiger partial charge in [-0.25, -0.2) is 0 Å². The molecule has 0 fully saturated rings. The SMILES string of the molecule is CO[SiH](C)OC.I. The summed E-state index contributed by atoms with van der Waals surface area (Å²) in [5.41, 5.74) is 0. The third-order valence-electron chi connectivity index (χ3n) is 0.664. The van der Waals surface area contributed by atoms with Crippen molar-refractivity contribution in [2.24, 2.45) is 0 Å². The van der Waals surface area contributed by atoms with Gasteiger partial charge in [-0.05, 0) is 6.55 Å². The second-order valence-electron chi connectivity index (χ2n) is 1.04. The fraction of sp³-hybridized carbons (Fsp3) is 1.00.